The van der Waals surface area contributed by atoms with Gasteiger partial charge in [0.25, 0.3) is 5.60 Å². The molecule has 0 radical (unpaired) electrons. The number of hydrogen-bond acceptors (Lipinski definition) is 3. The van der Waals surface area contributed by atoms with Crippen LogP contribution in [0.15, 0.2) is 18.2 Å². The van der Waals surface area contributed by atoms with E-state index >= 15 is 0 Å². The van der Waals surface area contributed by atoms with Crippen LogP contribution in [-0.4, -0.2) is 31.1 Å². The molecule has 0 spiro atoms. The van der Waals surface area contributed by atoms with Gasteiger partial charge in [-0.05, 0) is 12.1 Å². The highest BCUT2D eigenvalue weighted by Crippen LogP contribution is 2.50. The first-order valence-electron chi connectivity index (χ1n) is 5.70. The summed E-state index contributed by atoms with van der Waals surface area (Å²) in [6.45, 7) is -0.0154. The van der Waals surface area contributed by atoms with Gasteiger partial charge in [-0.15, -0.1) is 6.42 Å². The van der Waals surface area contributed by atoms with Crippen LogP contribution in [0.3, 0.4) is 0 Å². The maximum atomic E-state index is 12.8. The van der Waals surface area contributed by atoms with Gasteiger partial charge >= 0.3 is 12.4 Å². The number of nitrogens with one attached hydrogen (secondary N) is 1. The number of ether oxygens (including phenoxy) is 1. The average Bonchev–Trinajstić information content (AvgIpc) is 2.41. The summed E-state index contributed by atoms with van der Waals surface area (Å²) < 4.78 is 81.4. The lowest BCUT2D eigenvalue weighted by atomic mass is 9.92. The van der Waals surface area contributed by atoms with Crippen LogP contribution in [-0.2, 0) is 5.60 Å². The molecule has 0 bridgehead atoms. The second kappa shape index (κ2) is 5.96. The molecule has 0 aliphatic rings. The van der Waals surface area contributed by atoms with Crippen LogP contribution < -0.4 is 10.1 Å². The number of hydrogen-bond donors (Lipinski definition) is 2. The minimum Gasteiger partial charge on any atom is -0.495 e. The van der Waals surface area contributed by atoms with Crippen molar-refractivity contribution in [3.05, 3.63) is 23.8 Å². The Hall–Kier alpha value is -2.08. The number of methoxy groups -OCH3 is 1. The number of halogens is 6. The lowest BCUT2D eigenvalue weighted by molar-refractivity contribution is -0.376. The molecule has 0 fully saturated rings. The number of anilines is 1. The molecular formula is C13H11F6NO2. The molecule has 1 aromatic rings. The fraction of sp³-hybridized carbons (Fsp3) is 0.385. The molecule has 0 heterocycles. The lowest BCUT2D eigenvalue weighted by Crippen LogP contribution is -2.53. The molecule has 0 atom stereocenters. The fourth-order valence-corrected chi connectivity index (χ4v) is 1.70. The minimum atomic E-state index is -5.95. The molecule has 122 valence electrons. The second-order valence-corrected chi connectivity index (χ2v) is 4.18. The number of aliphatic hydroxyl groups is 1. The highest BCUT2D eigenvalue weighted by Gasteiger charge is 2.71. The summed E-state index contributed by atoms with van der Waals surface area (Å²) in [6, 6.07) is 1.87. The van der Waals surface area contributed by atoms with E-state index < -0.39 is 23.5 Å². The normalized spacial score (nSPS) is 12.7. The van der Waals surface area contributed by atoms with Gasteiger partial charge in [-0.2, -0.15) is 26.3 Å². The highest BCUT2D eigenvalue weighted by molar-refractivity contribution is 5.59. The Bertz CT molecular complexity index is 559. The third kappa shape index (κ3) is 3.06. The summed E-state index contributed by atoms with van der Waals surface area (Å²) in [5, 5.41) is 11.8. The average molecular weight is 327 g/mol. The minimum absolute atomic E-state index is 0.0154. The first kappa shape index (κ1) is 18.0. The van der Waals surface area contributed by atoms with Gasteiger partial charge in [0.1, 0.15) is 5.75 Å². The van der Waals surface area contributed by atoms with Crippen LogP contribution in [0.1, 0.15) is 5.56 Å². The smallest absolute Gasteiger partial charge is 0.430 e. The molecule has 0 saturated heterocycles. The lowest BCUT2D eigenvalue weighted by Gasteiger charge is -2.33. The number of rotatable bonds is 4. The van der Waals surface area contributed by atoms with E-state index in [-0.39, 0.29) is 18.0 Å². The highest BCUT2D eigenvalue weighted by atomic mass is 19.4. The molecule has 0 aliphatic heterocycles. The third-order valence-electron chi connectivity index (χ3n) is 2.82. The Kier molecular flexibility index (Phi) is 4.87. The summed E-state index contributed by atoms with van der Waals surface area (Å²) in [4.78, 5) is 0. The Morgan fingerprint density at radius 1 is 1.18 bits per heavy atom. The number of terminal acetylenes is 1. The molecule has 0 aromatic heterocycles. The van der Waals surface area contributed by atoms with Crippen molar-refractivity contribution in [3.8, 4) is 18.1 Å². The third-order valence-corrected chi connectivity index (χ3v) is 2.82. The van der Waals surface area contributed by atoms with Crippen molar-refractivity contribution in [2.24, 2.45) is 0 Å². The zero-order valence-corrected chi connectivity index (χ0v) is 11.1. The topological polar surface area (TPSA) is 41.5 Å². The number of alkyl halides is 6. The van der Waals surface area contributed by atoms with Gasteiger partial charge in [0, 0.05) is 5.56 Å². The standard InChI is InChI=1S/C13H11F6NO2/c1-3-6-20-9-5-4-8(7-10(9)22-2)11(21,12(14,15)16)13(17,18)19/h1,4-5,7,20-21H,6H2,2H3. The van der Waals surface area contributed by atoms with Gasteiger partial charge in [-0.25, -0.2) is 0 Å². The summed E-state index contributed by atoms with van der Waals surface area (Å²) in [5.41, 5.74) is -6.32. The molecular weight excluding hydrogens is 316 g/mol. The van der Waals surface area contributed by atoms with Crippen molar-refractivity contribution in [1.82, 2.24) is 0 Å². The summed E-state index contributed by atoms with van der Waals surface area (Å²) >= 11 is 0. The van der Waals surface area contributed by atoms with Crippen LogP contribution >= 0.6 is 0 Å². The molecule has 0 aliphatic carbocycles. The first-order chi connectivity index (χ1) is 9.99. The molecule has 0 unspecified atom stereocenters. The van der Waals surface area contributed by atoms with Crippen molar-refractivity contribution >= 4 is 5.69 Å². The second-order valence-electron chi connectivity index (χ2n) is 4.18. The zero-order valence-electron chi connectivity index (χ0n) is 11.1. The summed E-state index contributed by atoms with van der Waals surface area (Å²) in [6.07, 6.45) is -6.92. The quantitative estimate of drug-likeness (QED) is 0.660. The van der Waals surface area contributed by atoms with Gasteiger partial charge < -0.3 is 15.2 Å². The van der Waals surface area contributed by atoms with Crippen LogP contribution in [0.2, 0.25) is 0 Å². The van der Waals surface area contributed by atoms with Crippen LogP contribution in [0.5, 0.6) is 5.75 Å². The van der Waals surface area contributed by atoms with Crippen molar-refractivity contribution in [1.29, 1.82) is 0 Å². The van der Waals surface area contributed by atoms with E-state index in [1.165, 1.54) is 0 Å². The monoisotopic (exact) mass is 327 g/mol. The largest absolute Gasteiger partial charge is 0.495 e. The molecule has 3 nitrogen and oxygen atoms in total. The predicted octanol–water partition coefficient (Wildman–Crippen LogP) is 3.05. The van der Waals surface area contributed by atoms with Crippen molar-refractivity contribution in [2.75, 3.05) is 19.0 Å². The predicted molar refractivity (Wildman–Crippen MR) is 66.3 cm³/mol. The zero-order chi connectivity index (χ0) is 17.2. The fourth-order valence-electron chi connectivity index (χ4n) is 1.70. The van der Waals surface area contributed by atoms with Crippen molar-refractivity contribution < 1.29 is 36.2 Å². The summed E-state index contributed by atoms with van der Waals surface area (Å²) in [7, 11) is 1.06. The van der Waals surface area contributed by atoms with Crippen molar-refractivity contribution in [3.63, 3.8) is 0 Å². The van der Waals surface area contributed by atoms with Gasteiger partial charge in [0.15, 0.2) is 0 Å². The van der Waals surface area contributed by atoms with Crippen LogP contribution in [0, 0.1) is 12.3 Å². The van der Waals surface area contributed by atoms with Crippen molar-refractivity contribution in [2.45, 2.75) is 18.0 Å². The molecule has 0 saturated carbocycles. The Morgan fingerprint density at radius 3 is 2.14 bits per heavy atom. The van der Waals surface area contributed by atoms with E-state index in [0.29, 0.717) is 12.1 Å². The SMILES string of the molecule is C#CCNc1ccc(C(O)(C(F)(F)F)C(F)(F)F)cc1OC. The van der Waals surface area contributed by atoms with E-state index in [4.69, 9.17) is 11.2 Å². The Labute approximate surface area is 121 Å². The van der Waals surface area contributed by atoms with Crippen LogP contribution in [0.4, 0.5) is 32.0 Å². The Morgan fingerprint density at radius 2 is 1.73 bits per heavy atom. The van der Waals surface area contributed by atoms with Gasteiger partial charge in [0.2, 0.25) is 0 Å². The van der Waals surface area contributed by atoms with Gasteiger partial charge in [-0.1, -0.05) is 12.0 Å². The molecule has 22 heavy (non-hydrogen) atoms. The van der Waals surface area contributed by atoms with E-state index in [9.17, 15) is 31.4 Å². The Balaban J connectivity index is 3.44. The summed E-state index contributed by atoms with van der Waals surface area (Å²) in [5.74, 6) is 1.87. The maximum absolute atomic E-state index is 12.8. The van der Waals surface area contributed by atoms with Crippen LogP contribution in [0.25, 0.3) is 0 Å². The molecule has 1 aromatic carbocycles. The molecule has 1 rings (SSSR count). The van der Waals surface area contributed by atoms with E-state index in [1.54, 1.807) is 0 Å². The van der Waals surface area contributed by atoms with Gasteiger partial charge in [-0.3, -0.25) is 0 Å². The molecule has 2 N–H and O–H groups in total. The molecule has 0 amide bonds. The number of benzene rings is 1. The molecule has 9 heteroatoms. The van der Waals surface area contributed by atoms with E-state index in [1.807, 2.05) is 0 Å². The van der Waals surface area contributed by atoms with E-state index in [2.05, 4.69) is 11.2 Å². The van der Waals surface area contributed by atoms with Gasteiger partial charge in [0.05, 0.1) is 19.3 Å². The maximum Gasteiger partial charge on any atom is 0.430 e. The first-order valence-corrected chi connectivity index (χ1v) is 5.70. The van der Waals surface area contributed by atoms with E-state index in [0.717, 1.165) is 13.2 Å².